The van der Waals surface area contributed by atoms with Crippen LogP contribution in [0.25, 0.3) is 0 Å². The summed E-state index contributed by atoms with van der Waals surface area (Å²) in [5.74, 6) is 0.479. The molecule has 3 N–H and O–H groups in total. The highest BCUT2D eigenvalue weighted by Crippen LogP contribution is 2.44. The highest BCUT2D eigenvalue weighted by Gasteiger charge is 2.51. The van der Waals surface area contributed by atoms with Gasteiger partial charge in [-0.25, -0.2) is 4.39 Å². The van der Waals surface area contributed by atoms with Crippen LogP contribution in [0, 0.1) is 31.5 Å². The normalized spacial score (nSPS) is 23.3. The molecule has 0 saturated heterocycles. The number of amides is 1. The molecule has 36 heavy (non-hydrogen) atoms. The molecule has 1 aliphatic heterocycles. The topological polar surface area (TPSA) is 62.4 Å². The summed E-state index contributed by atoms with van der Waals surface area (Å²) >= 11 is 0. The van der Waals surface area contributed by atoms with Crippen molar-refractivity contribution in [3.63, 3.8) is 0 Å². The quantitative estimate of drug-likeness (QED) is 0.402. The van der Waals surface area contributed by atoms with Gasteiger partial charge in [0.1, 0.15) is 18.2 Å². The lowest BCUT2D eigenvalue weighted by atomic mass is 9.73. The van der Waals surface area contributed by atoms with Crippen LogP contribution in [0.3, 0.4) is 0 Å². The number of hydrogen-bond acceptors (Lipinski definition) is 4. The number of carbonyl (C=O) groups is 1. The van der Waals surface area contributed by atoms with Crippen molar-refractivity contribution in [2.24, 2.45) is 11.8 Å². The van der Waals surface area contributed by atoms with Gasteiger partial charge in [-0.3, -0.25) is 4.79 Å². The maximum atomic E-state index is 14.2. The van der Waals surface area contributed by atoms with Gasteiger partial charge in [0.2, 0.25) is 5.91 Å². The molecule has 1 heterocycles. The van der Waals surface area contributed by atoms with Crippen LogP contribution in [0.2, 0.25) is 0 Å². The molecule has 2 fully saturated rings. The number of fused-ring (bicyclic) bond motifs is 1. The van der Waals surface area contributed by atoms with Gasteiger partial charge in [0.15, 0.2) is 5.66 Å². The van der Waals surface area contributed by atoms with Crippen molar-refractivity contribution < 1.29 is 13.9 Å². The van der Waals surface area contributed by atoms with Crippen molar-refractivity contribution in [2.75, 3.05) is 17.2 Å². The molecule has 2 atom stereocenters. The summed E-state index contributed by atoms with van der Waals surface area (Å²) in [5, 5.41) is 10.6. The number of carbonyl (C=O) groups excluding carboxylic acids is 1. The molecule has 0 aromatic heterocycles. The first-order valence-corrected chi connectivity index (χ1v) is 13.8. The van der Waals surface area contributed by atoms with Gasteiger partial charge in [0, 0.05) is 6.04 Å². The molecule has 1 amide bonds. The fourth-order valence-electron chi connectivity index (χ4n) is 6.56. The lowest BCUT2D eigenvalue weighted by molar-refractivity contribution is -0.130. The predicted molar refractivity (Wildman–Crippen MR) is 143 cm³/mol. The number of nitrogens with one attached hydrogen (secondary N) is 3. The zero-order valence-corrected chi connectivity index (χ0v) is 21.7. The summed E-state index contributed by atoms with van der Waals surface area (Å²) in [4.78, 5) is 14.1. The van der Waals surface area contributed by atoms with Gasteiger partial charge >= 0.3 is 0 Å². The molecule has 2 unspecified atom stereocenters. The van der Waals surface area contributed by atoms with Crippen molar-refractivity contribution in [1.82, 2.24) is 5.32 Å². The molecule has 3 aliphatic rings. The Kier molecular flexibility index (Phi) is 7.40. The smallest absolute Gasteiger partial charge is 0.228 e. The molecule has 2 aromatic rings. The number of anilines is 2. The molecule has 2 aliphatic carbocycles. The second kappa shape index (κ2) is 10.7. The third-order valence-corrected chi connectivity index (χ3v) is 8.37. The second-order valence-electron chi connectivity index (χ2n) is 11.2. The zero-order valence-electron chi connectivity index (χ0n) is 21.7. The van der Waals surface area contributed by atoms with Gasteiger partial charge in [-0.05, 0) is 75.3 Å². The van der Waals surface area contributed by atoms with Crippen molar-refractivity contribution in [2.45, 2.75) is 89.8 Å². The lowest BCUT2D eigenvalue weighted by Crippen LogP contribution is -2.61. The summed E-state index contributed by atoms with van der Waals surface area (Å²) in [7, 11) is 0. The maximum Gasteiger partial charge on any atom is 0.228 e. The van der Waals surface area contributed by atoms with Crippen LogP contribution in [-0.4, -0.2) is 24.2 Å². The number of rotatable bonds is 7. The third kappa shape index (κ3) is 5.33. The average Bonchev–Trinajstić information content (AvgIpc) is 3.23. The van der Waals surface area contributed by atoms with Crippen LogP contribution in [0.1, 0.15) is 75.3 Å². The van der Waals surface area contributed by atoms with Gasteiger partial charge in [-0.2, -0.15) is 0 Å². The van der Waals surface area contributed by atoms with Crippen LogP contribution in [0.5, 0.6) is 5.75 Å². The number of benzene rings is 2. The van der Waals surface area contributed by atoms with E-state index in [0.29, 0.717) is 5.69 Å². The Morgan fingerprint density at radius 3 is 2.39 bits per heavy atom. The summed E-state index contributed by atoms with van der Waals surface area (Å²) < 4.78 is 20.7. The fraction of sp³-hybridized carbons (Fsp3) is 0.567. The van der Waals surface area contributed by atoms with E-state index < -0.39 is 5.66 Å². The Morgan fingerprint density at radius 1 is 0.972 bits per heavy atom. The van der Waals surface area contributed by atoms with Gasteiger partial charge in [0.25, 0.3) is 0 Å². The third-order valence-electron chi connectivity index (χ3n) is 8.37. The maximum absolute atomic E-state index is 14.2. The van der Waals surface area contributed by atoms with E-state index >= 15 is 0 Å². The molecular weight excluding hydrogens is 453 g/mol. The van der Waals surface area contributed by atoms with Crippen LogP contribution >= 0.6 is 0 Å². The fourth-order valence-corrected chi connectivity index (χ4v) is 6.56. The Balaban J connectivity index is 1.48. The van der Waals surface area contributed by atoms with Crippen LogP contribution < -0.4 is 20.7 Å². The molecule has 0 spiro atoms. The van der Waals surface area contributed by atoms with Crippen LogP contribution in [-0.2, 0) is 4.79 Å². The first kappa shape index (κ1) is 24.9. The molecule has 6 heteroatoms. The van der Waals surface area contributed by atoms with Gasteiger partial charge < -0.3 is 20.7 Å². The summed E-state index contributed by atoms with van der Waals surface area (Å²) in [6.45, 7) is 4.37. The highest BCUT2D eigenvalue weighted by atomic mass is 19.1. The standard InChI is InChI=1S/C30H40FN3O2/c1-20-13-16-27(21(2)17-20)36-19-30(33-25-15-14-23(31)18-26(25)34-30)28(22-9-5-3-6-10-22)29(35)32-24-11-7-4-8-12-24/h13-18,22,24,28,33-34H,3-12,19H2,1-2H3,(H,32,35). The molecule has 2 saturated carbocycles. The van der Waals surface area contributed by atoms with Gasteiger partial charge in [-0.1, -0.05) is 56.2 Å². The zero-order chi connectivity index (χ0) is 25.1. The van der Waals surface area contributed by atoms with E-state index in [4.69, 9.17) is 4.74 Å². The molecule has 194 valence electrons. The van der Waals surface area contributed by atoms with Crippen molar-refractivity contribution in [3.8, 4) is 5.75 Å². The Hall–Kier alpha value is -2.76. The molecule has 5 nitrogen and oxygen atoms in total. The number of ether oxygens (including phenoxy) is 1. The van der Waals surface area contributed by atoms with Gasteiger partial charge in [0.05, 0.1) is 17.3 Å². The molecule has 0 bridgehead atoms. The minimum Gasteiger partial charge on any atom is -0.489 e. The van der Waals surface area contributed by atoms with Gasteiger partial charge in [-0.15, -0.1) is 0 Å². The van der Waals surface area contributed by atoms with E-state index in [1.807, 2.05) is 19.1 Å². The summed E-state index contributed by atoms with van der Waals surface area (Å²) in [6, 6.07) is 11.1. The Morgan fingerprint density at radius 2 is 1.67 bits per heavy atom. The Labute approximate surface area is 214 Å². The summed E-state index contributed by atoms with van der Waals surface area (Å²) in [6.07, 6.45) is 11.2. The monoisotopic (exact) mass is 493 g/mol. The van der Waals surface area contributed by atoms with E-state index in [9.17, 15) is 9.18 Å². The molecular formula is C30H40FN3O2. The first-order valence-electron chi connectivity index (χ1n) is 13.8. The van der Waals surface area contributed by atoms with E-state index in [2.05, 4.69) is 28.9 Å². The van der Waals surface area contributed by atoms with E-state index in [0.717, 1.165) is 55.5 Å². The van der Waals surface area contributed by atoms with E-state index in [1.165, 1.54) is 43.4 Å². The molecule has 2 aromatic carbocycles. The molecule has 0 radical (unpaired) electrons. The van der Waals surface area contributed by atoms with E-state index in [-0.39, 0.29) is 36.2 Å². The Bertz CT molecular complexity index is 1080. The number of halogens is 1. The number of aryl methyl sites for hydroxylation is 2. The molecule has 5 rings (SSSR count). The van der Waals surface area contributed by atoms with Crippen LogP contribution in [0.15, 0.2) is 36.4 Å². The largest absolute Gasteiger partial charge is 0.489 e. The van der Waals surface area contributed by atoms with Crippen molar-refractivity contribution in [3.05, 3.63) is 53.3 Å². The van der Waals surface area contributed by atoms with Crippen molar-refractivity contribution in [1.29, 1.82) is 0 Å². The summed E-state index contributed by atoms with van der Waals surface area (Å²) in [5.41, 5.74) is 2.88. The van der Waals surface area contributed by atoms with Crippen molar-refractivity contribution >= 4 is 17.3 Å². The minimum atomic E-state index is -0.867. The van der Waals surface area contributed by atoms with Crippen LogP contribution in [0.4, 0.5) is 15.8 Å². The van der Waals surface area contributed by atoms with E-state index in [1.54, 1.807) is 6.07 Å². The lowest BCUT2D eigenvalue weighted by Gasteiger charge is -2.43. The minimum absolute atomic E-state index is 0.0892. The number of hydrogen-bond donors (Lipinski definition) is 3. The average molecular weight is 494 g/mol. The SMILES string of the molecule is Cc1ccc(OCC2(C(C(=O)NC3CCCCC3)C3CCCCC3)Nc3ccc(F)cc3N2)c(C)c1. The highest BCUT2D eigenvalue weighted by molar-refractivity contribution is 5.86. The first-order chi connectivity index (χ1) is 17.4. The second-order valence-corrected chi connectivity index (χ2v) is 11.2. The predicted octanol–water partition coefficient (Wildman–Crippen LogP) is 6.70.